The van der Waals surface area contributed by atoms with Crippen LogP contribution in [-0.4, -0.2) is 72.6 Å². The molecular weight excluding hydrogens is 664 g/mol. The van der Waals surface area contributed by atoms with Crippen molar-refractivity contribution < 1.29 is 42.4 Å². The standard InChI is InChI=1S/C37H35F2N5O7/c1-4-48-37(47)27(14-16-30(45)46)44(3)33-31(38)35(50-26-12-8-11-25(20-26)34-41-17-18-43(34)2)42-36(32(33)39)51-29-19-24(21-40)13-15-28(29)49-22-23-9-6-5-7-10-23/h5-13,15,19-20,27H,4,14,16-18,22H2,1-3H3,(H,45,46). The Kier molecular flexibility index (Phi) is 11.6. The van der Waals surface area contributed by atoms with Gasteiger partial charge in [-0.05, 0) is 43.2 Å². The van der Waals surface area contributed by atoms with Crippen molar-refractivity contribution in [1.82, 2.24) is 9.88 Å². The maximum Gasteiger partial charge on any atom is 0.328 e. The highest BCUT2D eigenvalue weighted by molar-refractivity contribution is 5.99. The highest BCUT2D eigenvalue weighted by atomic mass is 19.1. The molecule has 264 valence electrons. The number of ether oxygens (including phenoxy) is 4. The maximum absolute atomic E-state index is 16.6. The van der Waals surface area contributed by atoms with E-state index in [1.54, 1.807) is 31.2 Å². The third-order valence-corrected chi connectivity index (χ3v) is 7.89. The van der Waals surface area contributed by atoms with Crippen molar-refractivity contribution in [3.8, 4) is 35.1 Å². The summed E-state index contributed by atoms with van der Waals surface area (Å²) in [5, 5.41) is 18.9. The van der Waals surface area contributed by atoms with E-state index in [1.165, 1.54) is 25.2 Å². The second kappa shape index (κ2) is 16.4. The van der Waals surface area contributed by atoms with E-state index in [0.29, 0.717) is 17.9 Å². The van der Waals surface area contributed by atoms with Crippen LogP contribution in [0.1, 0.15) is 36.5 Å². The molecule has 0 saturated heterocycles. The number of carbonyl (C=O) groups excluding carboxylic acids is 1. The van der Waals surface area contributed by atoms with Gasteiger partial charge < -0.3 is 33.9 Å². The molecule has 1 aromatic heterocycles. The molecule has 51 heavy (non-hydrogen) atoms. The predicted octanol–water partition coefficient (Wildman–Crippen LogP) is 6.32. The zero-order valence-corrected chi connectivity index (χ0v) is 28.1. The van der Waals surface area contributed by atoms with E-state index in [2.05, 4.69) is 9.98 Å². The fourth-order valence-electron chi connectivity index (χ4n) is 5.33. The number of aromatic nitrogens is 1. The van der Waals surface area contributed by atoms with E-state index in [1.807, 2.05) is 48.3 Å². The minimum absolute atomic E-state index is 0.0575. The van der Waals surface area contributed by atoms with Gasteiger partial charge in [-0.25, -0.2) is 4.79 Å². The van der Waals surface area contributed by atoms with Crippen LogP contribution >= 0.6 is 0 Å². The molecule has 2 heterocycles. The molecule has 1 aliphatic rings. The number of carboxylic acid groups (broad SMARTS) is 1. The summed E-state index contributed by atoms with van der Waals surface area (Å²) >= 11 is 0. The van der Waals surface area contributed by atoms with Gasteiger partial charge in [0.05, 0.1) is 24.8 Å². The van der Waals surface area contributed by atoms with E-state index >= 15 is 8.78 Å². The molecule has 1 N–H and O–H groups in total. The fraction of sp³-hybridized carbons (Fsp3) is 0.270. The van der Waals surface area contributed by atoms with Gasteiger partial charge in [0.25, 0.3) is 11.8 Å². The zero-order chi connectivity index (χ0) is 36.5. The first kappa shape index (κ1) is 36.1. The summed E-state index contributed by atoms with van der Waals surface area (Å²) in [6.07, 6.45) is -0.833. The second-order valence-corrected chi connectivity index (χ2v) is 11.4. The Bertz CT molecular complexity index is 1970. The Morgan fingerprint density at radius 3 is 2.43 bits per heavy atom. The smallest absolute Gasteiger partial charge is 0.328 e. The summed E-state index contributed by atoms with van der Waals surface area (Å²) in [7, 11) is 3.10. The van der Waals surface area contributed by atoms with Gasteiger partial charge in [-0.3, -0.25) is 9.79 Å². The number of pyridine rings is 1. The molecule has 0 aliphatic carbocycles. The van der Waals surface area contributed by atoms with Crippen LogP contribution in [0, 0.1) is 23.0 Å². The van der Waals surface area contributed by atoms with Crippen molar-refractivity contribution in [3.05, 3.63) is 101 Å². The summed E-state index contributed by atoms with van der Waals surface area (Å²) in [4.78, 5) is 35.9. The van der Waals surface area contributed by atoms with Crippen LogP contribution in [0.5, 0.6) is 29.0 Å². The van der Waals surface area contributed by atoms with E-state index < -0.39 is 53.5 Å². The highest BCUT2D eigenvalue weighted by Gasteiger charge is 2.34. The summed E-state index contributed by atoms with van der Waals surface area (Å²) in [5.41, 5.74) is 0.869. The third-order valence-electron chi connectivity index (χ3n) is 7.89. The van der Waals surface area contributed by atoms with Crippen molar-refractivity contribution >= 4 is 23.5 Å². The van der Waals surface area contributed by atoms with Gasteiger partial charge in [-0.1, -0.05) is 42.5 Å². The monoisotopic (exact) mass is 699 g/mol. The number of carboxylic acids is 1. The van der Waals surface area contributed by atoms with E-state index in [9.17, 15) is 20.0 Å². The molecule has 0 radical (unpaired) electrons. The minimum atomic E-state index is -1.42. The van der Waals surface area contributed by atoms with E-state index in [4.69, 9.17) is 18.9 Å². The quantitative estimate of drug-likeness (QED) is 0.139. The number of carbonyl (C=O) groups is 2. The molecule has 1 atom stereocenters. The summed E-state index contributed by atoms with van der Waals surface area (Å²) in [6, 6.07) is 20.7. The van der Waals surface area contributed by atoms with Crippen LogP contribution in [0.4, 0.5) is 14.5 Å². The van der Waals surface area contributed by atoms with Crippen molar-refractivity contribution in [3.63, 3.8) is 0 Å². The van der Waals surface area contributed by atoms with Crippen molar-refractivity contribution in [2.45, 2.75) is 32.4 Å². The molecule has 0 fully saturated rings. The number of likely N-dealkylation sites (N-methyl/N-ethyl adjacent to an activating group) is 2. The van der Waals surface area contributed by atoms with Gasteiger partial charge in [-0.2, -0.15) is 19.0 Å². The molecule has 0 spiro atoms. The predicted molar refractivity (Wildman–Crippen MR) is 182 cm³/mol. The molecule has 14 heteroatoms. The third kappa shape index (κ3) is 8.69. The second-order valence-electron chi connectivity index (χ2n) is 11.4. The maximum atomic E-state index is 16.6. The number of rotatable bonds is 15. The molecule has 0 saturated carbocycles. The van der Waals surface area contributed by atoms with Crippen molar-refractivity contribution in [1.29, 1.82) is 5.26 Å². The van der Waals surface area contributed by atoms with Crippen LogP contribution in [0.3, 0.4) is 0 Å². The number of aliphatic imine (C=N–C) groups is 1. The topological polar surface area (TPSA) is 147 Å². The molecule has 0 bridgehead atoms. The van der Waals surface area contributed by atoms with Gasteiger partial charge in [0.1, 0.15) is 29.9 Å². The van der Waals surface area contributed by atoms with Gasteiger partial charge in [0.15, 0.2) is 11.5 Å². The average Bonchev–Trinajstić information content (AvgIpc) is 3.56. The van der Waals surface area contributed by atoms with Crippen LogP contribution in [0.15, 0.2) is 77.8 Å². The molecule has 12 nitrogen and oxygen atoms in total. The van der Waals surface area contributed by atoms with E-state index in [0.717, 1.165) is 17.0 Å². The van der Waals surface area contributed by atoms with Crippen LogP contribution in [-0.2, 0) is 20.9 Å². The minimum Gasteiger partial charge on any atom is -0.485 e. The average molecular weight is 700 g/mol. The number of aliphatic carboxylic acids is 1. The molecule has 1 unspecified atom stereocenters. The number of esters is 1. The number of nitriles is 1. The van der Waals surface area contributed by atoms with Gasteiger partial charge in [0, 0.05) is 38.7 Å². The lowest BCUT2D eigenvalue weighted by Gasteiger charge is -2.29. The van der Waals surface area contributed by atoms with Crippen molar-refractivity contribution in [2.75, 3.05) is 38.7 Å². The normalized spacial score (nSPS) is 12.8. The molecule has 3 aromatic carbocycles. The number of amidine groups is 1. The summed E-state index contributed by atoms with van der Waals surface area (Å²) in [6.45, 7) is 2.92. The SMILES string of the molecule is CCOC(=O)C(CCC(=O)O)N(C)c1c(F)c(Oc2cccc(C3=NCCN3C)c2)nc(Oc2cc(C#N)ccc2OCc2ccccc2)c1F. The Morgan fingerprint density at radius 1 is 1.02 bits per heavy atom. The van der Waals surface area contributed by atoms with Crippen LogP contribution < -0.4 is 19.1 Å². The van der Waals surface area contributed by atoms with Gasteiger partial charge in [-0.15, -0.1) is 0 Å². The first-order valence-corrected chi connectivity index (χ1v) is 16.0. The first-order valence-electron chi connectivity index (χ1n) is 16.0. The highest BCUT2D eigenvalue weighted by Crippen LogP contribution is 2.41. The van der Waals surface area contributed by atoms with Crippen LogP contribution in [0.25, 0.3) is 0 Å². The first-order chi connectivity index (χ1) is 24.6. The molecule has 0 amide bonds. The van der Waals surface area contributed by atoms with Crippen molar-refractivity contribution in [2.24, 2.45) is 4.99 Å². The molecule has 5 rings (SSSR count). The fourth-order valence-corrected chi connectivity index (χ4v) is 5.33. The Morgan fingerprint density at radius 2 is 1.76 bits per heavy atom. The summed E-state index contributed by atoms with van der Waals surface area (Å²) in [5.74, 6) is -5.37. The Hall–Kier alpha value is -6.23. The number of anilines is 1. The Balaban J connectivity index is 1.60. The molecule has 1 aliphatic heterocycles. The number of hydrogen-bond acceptors (Lipinski definition) is 11. The lowest BCUT2D eigenvalue weighted by Crippen LogP contribution is -2.41. The lowest BCUT2D eigenvalue weighted by atomic mass is 10.1. The largest absolute Gasteiger partial charge is 0.485 e. The number of nitrogens with zero attached hydrogens (tertiary/aromatic N) is 5. The number of benzene rings is 3. The van der Waals surface area contributed by atoms with Gasteiger partial charge in [0.2, 0.25) is 11.6 Å². The van der Waals surface area contributed by atoms with E-state index in [-0.39, 0.29) is 42.4 Å². The molecule has 4 aromatic rings. The molecular formula is C37H35F2N5O7. The summed E-state index contributed by atoms with van der Waals surface area (Å²) < 4.78 is 55.9. The lowest BCUT2D eigenvalue weighted by molar-refractivity contribution is -0.145. The number of halogens is 2. The number of hydrogen-bond donors (Lipinski definition) is 1. The van der Waals surface area contributed by atoms with Crippen LogP contribution in [0.2, 0.25) is 0 Å². The van der Waals surface area contributed by atoms with Gasteiger partial charge >= 0.3 is 11.9 Å². The Labute approximate surface area is 293 Å². The zero-order valence-electron chi connectivity index (χ0n) is 28.1.